The second kappa shape index (κ2) is 16.2. The molecular formula is C38H51N7O. The minimum Gasteiger partial charge on any atom is -0.347 e. The number of imidazole rings is 2. The molecule has 0 saturated heterocycles. The third kappa shape index (κ3) is 8.53. The number of rotatable bonds is 14. The molecule has 2 heterocycles. The Labute approximate surface area is 274 Å². The van der Waals surface area contributed by atoms with Gasteiger partial charge in [0.25, 0.3) is 5.91 Å². The van der Waals surface area contributed by atoms with Crippen LogP contribution >= 0.6 is 0 Å². The summed E-state index contributed by atoms with van der Waals surface area (Å²) in [6, 6.07) is 21.2. The zero-order chi connectivity index (χ0) is 31.6. The van der Waals surface area contributed by atoms with Crippen molar-refractivity contribution >= 4 is 5.91 Å². The number of nitrogens with zero attached hydrogens (tertiary/aromatic N) is 5. The highest BCUT2D eigenvalue weighted by Crippen LogP contribution is 2.33. The van der Waals surface area contributed by atoms with Crippen molar-refractivity contribution in [2.75, 3.05) is 6.54 Å². The molecule has 244 valence electrons. The van der Waals surface area contributed by atoms with Crippen LogP contribution in [0.5, 0.6) is 0 Å². The van der Waals surface area contributed by atoms with E-state index >= 15 is 0 Å². The number of H-pyrrole nitrogens is 2. The minimum atomic E-state index is -0.0339. The van der Waals surface area contributed by atoms with Gasteiger partial charge >= 0.3 is 0 Å². The lowest BCUT2D eigenvalue weighted by atomic mass is 9.85. The molecule has 0 spiro atoms. The summed E-state index contributed by atoms with van der Waals surface area (Å²) in [5.41, 5.74) is 3.28. The Morgan fingerprint density at radius 2 is 1.26 bits per heavy atom. The maximum atomic E-state index is 13.7. The van der Waals surface area contributed by atoms with Crippen LogP contribution in [0.15, 0.2) is 79.4 Å². The lowest BCUT2D eigenvalue weighted by Gasteiger charge is -2.45. The van der Waals surface area contributed by atoms with Gasteiger partial charge in [-0.1, -0.05) is 68.7 Å². The van der Waals surface area contributed by atoms with Gasteiger partial charge in [-0.25, -0.2) is 9.97 Å². The summed E-state index contributed by atoms with van der Waals surface area (Å²) in [7, 11) is 0. The van der Waals surface area contributed by atoms with Gasteiger partial charge < -0.3 is 14.9 Å². The third-order valence-electron chi connectivity index (χ3n) is 10.1. The zero-order valence-corrected chi connectivity index (χ0v) is 27.5. The Hall–Kier alpha value is -3.75. The summed E-state index contributed by atoms with van der Waals surface area (Å²) < 4.78 is 0. The van der Waals surface area contributed by atoms with E-state index in [9.17, 15) is 4.79 Å². The molecular weight excluding hydrogens is 570 g/mol. The molecule has 2 fully saturated rings. The van der Waals surface area contributed by atoms with E-state index in [0.29, 0.717) is 24.7 Å². The highest BCUT2D eigenvalue weighted by atomic mass is 16.2. The average molecular weight is 622 g/mol. The van der Waals surface area contributed by atoms with Crippen molar-refractivity contribution in [2.45, 2.75) is 115 Å². The van der Waals surface area contributed by atoms with Crippen molar-refractivity contribution in [1.82, 2.24) is 34.6 Å². The molecule has 8 heteroatoms. The van der Waals surface area contributed by atoms with E-state index in [4.69, 9.17) is 0 Å². The molecule has 0 bridgehead atoms. The summed E-state index contributed by atoms with van der Waals surface area (Å²) in [6.07, 6.45) is 20.3. The Kier molecular flexibility index (Phi) is 11.3. The van der Waals surface area contributed by atoms with E-state index in [0.717, 1.165) is 36.8 Å². The zero-order valence-electron chi connectivity index (χ0n) is 27.5. The molecule has 0 atom stereocenters. The van der Waals surface area contributed by atoms with Crippen LogP contribution in [-0.4, -0.2) is 65.2 Å². The molecule has 2 saturated carbocycles. The number of aromatic nitrogens is 4. The number of amides is 1. The molecule has 2 aromatic heterocycles. The number of carbonyl (C=O) groups is 1. The van der Waals surface area contributed by atoms with Crippen molar-refractivity contribution in [1.29, 1.82) is 0 Å². The first-order valence-corrected chi connectivity index (χ1v) is 17.5. The van der Waals surface area contributed by atoms with E-state index in [-0.39, 0.29) is 5.91 Å². The number of nitrogens with one attached hydrogen (secondary N) is 2. The molecule has 2 aliphatic rings. The first kappa shape index (κ1) is 32.2. The number of benzene rings is 2. The van der Waals surface area contributed by atoms with Gasteiger partial charge in [-0.2, -0.15) is 0 Å². The van der Waals surface area contributed by atoms with E-state index in [1.807, 2.05) is 12.1 Å². The monoisotopic (exact) mass is 621 g/mol. The summed E-state index contributed by atoms with van der Waals surface area (Å²) in [4.78, 5) is 36.0. The third-order valence-corrected chi connectivity index (χ3v) is 10.1. The molecule has 0 unspecified atom stereocenters. The Morgan fingerprint density at radius 3 is 1.83 bits per heavy atom. The second-order valence-electron chi connectivity index (χ2n) is 13.3. The van der Waals surface area contributed by atoms with E-state index in [1.165, 1.54) is 81.9 Å². The molecule has 46 heavy (non-hydrogen) atoms. The fourth-order valence-corrected chi connectivity index (χ4v) is 7.72. The largest absolute Gasteiger partial charge is 0.347 e. The molecule has 0 aliphatic heterocycles. The van der Waals surface area contributed by atoms with Gasteiger partial charge in [-0.15, -0.1) is 0 Å². The predicted octanol–water partition coefficient (Wildman–Crippen LogP) is 7.33. The highest BCUT2D eigenvalue weighted by Gasteiger charge is 2.32. The number of hydrogen-bond donors (Lipinski definition) is 2. The molecule has 4 aromatic rings. The number of carbonyl (C=O) groups excluding carboxylic acids is 1. The predicted molar refractivity (Wildman–Crippen MR) is 183 cm³/mol. The maximum Gasteiger partial charge on any atom is 0.254 e. The minimum absolute atomic E-state index is 0.0339. The van der Waals surface area contributed by atoms with Crippen LogP contribution in [0.1, 0.15) is 104 Å². The fraction of sp³-hybridized carbons (Fsp3) is 0.500. The molecule has 2 aliphatic carbocycles. The van der Waals surface area contributed by atoms with Gasteiger partial charge in [-0.05, 0) is 74.8 Å². The van der Waals surface area contributed by atoms with Crippen LogP contribution in [0.3, 0.4) is 0 Å². The van der Waals surface area contributed by atoms with E-state index < -0.39 is 0 Å². The molecule has 0 radical (unpaired) electrons. The lowest BCUT2D eigenvalue weighted by Crippen LogP contribution is -2.48. The van der Waals surface area contributed by atoms with Gasteiger partial charge in [0, 0.05) is 61.6 Å². The van der Waals surface area contributed by atoms with Crippen molar-refractivity contribution in [3.05, 3.63) is 108 Å². The molecule has 1 amide bonds. The van der Waals surface area contributed by atoms with Gasteiger partial charge in [0.2, 0.25) is 0 Å². The van der Waals surface area contributed by atoms with Gasteiger partial charge in [-0.3, -0.25) is 14.6 Å². The van der Waals surface area contributed by atoms with E-state index in [1.54, 1.807) is 29.7 Å². The summed E-state index contributed by atoms with van der Waals surface area (Å²) in [5.74, 6) is 1.46. The highest BCUT2D eigenvalue weighted by molar-refractivity contribution is 5.94. The second-order valence-corrected chi connectivity index (χ2v) is 13.3. The molecule has 8 nitrogen and oxygen atoms in total. The molecule has 6 rings (SSSR count). The van der Waals surface area contributed by atoms with Crippen LogP contribution in [0.4, 0.5) is 0 Å². The summed E-state index contributed by atoms with van der Waals surface area (Å²) in [6.45, 7) is 6.19. The van der Waals surface area contributed by atoms with Crippen LogP contribution in [-0.2, 0) is 26.2 Å². The summed E-state index contributed by atoms with van der Waals surface area (Å²) >= 11 is 0. The maximum absolute atomic E-state index is 13.7. The molecule has 2 N–H and O–H groups in total. The Bertz CT molecular complexity index is 1390. The smallest absolute Gasteiger partial charge is 0.254 e. The standard InChI is InChI=1S/C38H51N7O/c1-2-25-45(34-11-7-4-8-12-34)35-19-17-33(18-20-35)43(26-30-9-5-3-6-10-30)27-31-13-15-32(16-14-31)38(46)44(28-36-39-21-22-40-36)29-37-41-23-24-42-37/h3,5-6,9-10,13-16,21-24,33-35H,2,4,7-8,11-12,17-20,25-29H2,1H3,(H,39,40)(H,41,42)/t33-,35-. The average Bonchev–Trinajstić information content (AvgIpc) is 3.83. The van der Waals surface area contributed by atoms with Gasteiger partial charge in [0.1, 0.15) is 11.6 Å². The van der Waals surface area contributed by atoms with Crippen molar-refractivity contribution < 1.29 is 4.79 Å². The Morgan fingerprint density at radius 1 is 0.696 bits per heavy atom. The first-order valence-electron chi connectivity index (χ1n) is 17.5. The SMILES string of the molecule is CCCN(C1CCCCC1)[C@H]1CC[C@H](N(Cc2ccccc2)Cc2ccc(C(=O)N(Cc3ncc[nH]3)Cc3ncc[nH]3)cc2)CC1. The lowest BCUT2D eigenvalue weighted by molar-refractivity contribution is 0.0496. The fourth-order valence-electron chi connectivity index (χ4n) is 7.72. The first-order chi connectivity index (χ1) is 22.7. The van der Waals surface area contributed by atoms with Crippen molar-refractivity contribution in [3.63, 3.8) is 0 Å². The topological polar surface area (TPSA) is 84.2 Å². The van der Waals surface area contributed by atoms with Crippen molar-refractivity contribution in [3.8, 4) is 0 Å². The van der Waals surface area contributed by atoms with Crippen LogP contribution in [0, 0.1) is 0 Å². The van der Waals surface area contributed by atoms with E-state index in [2.05, 4.69) is 79.1 Å². The van der Waals surface area contributed by atoms with Crippen LogP contribution < -0.4 is 0 Å². The van der Waals surface area contributed by atoms with Crippen LogP contribution in [0.2, 0.25) is 0 Å². The Balaban J connectivity index is 1.13. The number of aromatic amines is 2. The van der Waals surface area contributed by atoms with Crippen molar-refractivity contribution in [2.24, 2.45) is 0 Å². The number of hydrogen-bond acceptors (Lipinski definition) is 5. The molecule has 2 aromatic carbocycles. The van der Waals surface area contributed by atoms with Gasteiger partial charge in [0.05, 0.1) is 13.1 Å². The summed E-state index contributed by atoms with van der Waals surface area (Å²) in [5, 5.41) is 0. The normalized spacial score (nSPS) is 19.1. The van der Waals surface area contributed by atoms with Gasteiger partial charge in [0.15, 0.2) is 0 Å². The quantitative estimate of drug-likeness (QED) is 0.154. The van der Waals surface area contributed by atoms with Crippen LogP contribution in [0.25, 0.3) is 0 Å².